The van der Waals surface area contributed by atoms with E-state index in [1.165, 1.54) is 24.2 Å². The number of aromatic amines is 1. The van der Waals surface area contributed by atoms with Crippen LogP contribution in [0.5, 0.6) is 0 Å². The van der Waals surface area contributed by atoms with Crippen molar-refractivity contribution in [1.82, 2.24) is 20.2 Å². The van der Waals surface area contributed by atoms with Gasteiger partial charge >= 0.3 is 0 Å². The highest BCUT2D eigenvalue weighted by Gasteiger charge is 2.25. The van der Waals surface area contributed by atoms with Crippen molar-refractivity contribution in [1.29, 1.82) is 0 Å². The van der Waals surface area contributed by atoms with E-state index in [0.717, 1.165) is 15.4 Å². The first-order valence-electron chi connectivity index (χ1n) is 10.8. The molecule has 1 unspecified atom stereocenters. The van der Waals surface area contributed by atoms with E-state index in [9.17, 15) is 5.11 Å². The molecule has 168 valence electrons. The standard InChI is InChI=1S/C22H23N5O2S.C2H6/c1-4-14-12-23-22(19-8-7-18(30-19)17(28)9-10-29-13(2)3)25-21(14)24-20-11-16(26-27-20)15-5-6-15;1-2/h1,7-8,11-12,15,17,28H,2,5-6,9-10H2,3H3,(H2,23,24,25,26,27);1-2H3. The van der Waals surface area contributed by atoms with Crippen LogP contribution in [0, 0.1) is 12.3 Å². The van der Waals surface area contributed by atoms with Gasteiger partial charge in [0.25, 0.3) is 0 Å². The summed E-state index contributed by atoms with van der Waals surface area (Å²) in [7, 11) is 0. The Morgan fingerprint density at radius 3 is 2.91 bits per heavy atom. The van der Waals surface area contributed by atoms with Crippen LogP contribution in [-0.4, -0.2) is 31.9 Å². The number of aromatic nitrogens is 4. The topological polar surface area (TPSA) is 96.0 Å². The van der Waals surface area contributed by atoms with Crippen molar-refractivity contribution >= 4 is 23.0 Å². The fourth-order valence-corrected chi connectivity index (χ4v) is 3.94. The number of thiophene rings is 1. The lowest BCUT2D eigenvalue weighted by Gasteiger charge is -2.09. The maximum absolute atomic E-state index is 10.4. The van der Waals surface area contributed by atoms with E-state index in [-0.39, 0.29) is 0 Å². The summed E-state index contributed by atoms with van der Waals surface area (Å²) in [5, 5.41) is 21.0. The van der Waals surface area contributed by atoms with Gasteiger partial charge in [0.05, 0.1) is 28.9 Å². The number of rotatable bonds is 9. The van der Waals surface area contributed by atoms with Crippen molar-refractivity contribution in [2.75, 3.05) is 11.9 Å². The fourth-order valence-electron chi connectivity index (χ4n) is 2.97. The summed E-state index contributed by atoms with van der Waals surface area (Å²) >= 11 is 1.44. The summed E-state index contributed by atoms with van der Waals surface area (Å²) in [5.74, 6) is 5.57. The zero-order valence-electron chi connectivity index (χ0n) is 18.7. The monoisotopic (exact) mass is 451 g/mol. The Hall–Kier alpha value is -3.15. The number of H-pyrrole nitrogens is 1. The molecule has 0 spiro atoms. The maximum atomic E-state index is 10.4. The summed E-state index contributed by atoms with van der Waals surface area (Å²) in [5.41, 5.74) is 1.69. The molecule has 1 fully saturated rings. The maximum Gasteiger partial charge on any atom is 0.171 e. The van der Waals surface area contributed by atoms with E-state index in [4.69, 9.17) is 11.2 Å². The van der Waals surface area contributed by atoms with Crippen LogP contribution in [0.3, 0.4) is 0 Å². The lowest BCUT2D eigenvalue weighted by molar-refractivity contribution is 0.119. The van der Waals surface area contributed by atoms with Crippen LogP contribution in [-0.2, 0) is 4.74 Å². The van der Waals surface area contributed by atoms with E-state index < -0.39 is 6.10 Å². The molecule has 7 nitrogen and oxygen atoms in total. The Balaban J connectivity index is 0.00000141. The summed E-state index contributed by atoms with van der Waals surface area (Å²) in [6, 6.07) is 5.77. The molecule has 4 rings (SSSR count). The van der Waals surface area contributed by atoms with Crippen LogP contribution < -0.4 is 5.32 Å². The third kappa shape index (κ3) is 5.96. The number of hydrogen-bond donors (Lipinski definition) is 3. The molecule has 1 aliphatic rings. The van der Waals surface area contributed by atoms with Gasteiger partial charge < -0.3 is 15.2 Å². The molecule has 3 aromatic heterocycles. The molecule has 0 aliphatic heterocycles. The zero-order chi connectivity index (χ0) is 23.1. The Bertz CT molecular complexity index is 1090. The lowest BCUT2D eigenvalue weighted by atomic mass is 10.2. The van der Waals surface area contributed by atoms with Crippen LogP contribution >= 0.6 is 11.3 Å². The van der Waals surface area contributed by atoms with Crippen molar-refractivity contribution in [2.45, 2.75) is 52.1 Å². The second-order valence-electron chi connectivity index (χ2n) is 7.26. The van der Waals surface area contributed by atoms with Crippen LogP contribution in [0.4, 0.5) is 11.6 Å². The second kappa shape index (κ2) is 10.9. The quantitative estimate of drug-likeness (QED) is 0.292. The first-order valence-corrected chi connectivity index (χ1v) is 11.6. The van der Waals surface area contributed by atoms with Crippen LogP contribution in [0.1, 0.15) is 68.2 Å². The Kier molecular flexibility index (Phi) is 8.03. The van der Waals surface area contributed by atoms with Gasteiger partial charge in [0.15, 0.2) is 17.5 Å². The van der Waals surface area contributed by atoms with E-state index in [1.54, 1.807) is 13.1 Å². The lowest BCUT2D eigenvalue weighted by Crippen LogP contribution is -2.01. The molecule has 0 radical (unpaired) electrons. The average molecular weight is 452 g/mol. The number of terminal acetylenes is 1. The highest BCUT2D eigenvalue weighted by atomic mass is 32.1. The summed E-state index contributed by atoms with van der Waals surface area (Å²) in [6.45, 7) is 9.89. The third-order valence-electron chi connectivity index (χ3n) is 4.72. The second-order valence-corrected chi connectivity index (χ2v) is 8.38. The van der Waals surface area contributed by atoms with Crippen molar-refractivity contribution < 1.29 is 9.84 Å². The Morgan fingerprint density at radius 2 is 2.22 bits per heavy atom. The van der Waals surface area contributed by atoms with Gasteiger partial charge in [-0.3, -0.25) is 5.10 Å². The van der Waals surface area contributed by atoms with E-state index in [1.807, 2.05) is 32.0 Å². The van der Waals surface area contributed by atoms with Gasteiger partial charge in [0, 0.05) is 35.2 Å². The third-order valence-corrected chi connectivity index (χ3v) is 5.90. The van der Waals surface area contributed by atoms with Gasteiger partial charge in [0.1, 0.15) is 0 Å². The van der Waals surface area contributed by atoms with Gasteiger partial charge in [-0.05, 0) is 31.9 Å². The number of ether oxygens (including phenoxy) is 1. The summed E-state index contributed by atoms with van der Waals surface area (Å²) in [6.07, 6.45) is 9.50. The molecule has 1 atom stereocenters. The van der Waals surface area contributed by atoms with Crippen molar-refractivity contribution in [3.05, 3.63) is 52.9 Å². The van der Waals surface area contributed by atoms with Crippen LogP contribution in [0.15, 0.2) is 36.7 Å². The largest absolute Gasteiger partial charge is 0.499 e. The zero-order valence-corrected chi connectivity index (χ0v) is 19.5. The SMILES string of the molecule is C#Cc1cnc(-c2ccc(C(O)CCOC(=C)C)s2)nc1Nc1cc(C2CC2)[nH]n1.CC. The van der Waals surface area contributed by atoms with E-state index in [0.29, 0.717) is 47.7 Å². The van der Waals surface area contributed by atoms with E-state index >= 15 is 0 Å². The minimum atomic E-state index is -0.615. The van der Waals surface area contributed by atoms with Gasteiger partial charge in [-0.15, -0.1) is 17.8 Å². The average Bonchev–Trinajstić information content (AvgIpc) is 3.33. The molecule has 8 heteroatoms. The summed E-state index contributed by atoms with van der Waals surface area (Å²) in [4.78, 5) is 10.7. The number of aliphatic hydroxyl groups excluding tert-OH is 1. The molecule has 1 saturated carbocycles. The van der Waals surface area contributed by atoms with Crippen molar-refractivity contribution in [3.8, 4) is 23.0 Å². The number of anilines is 2. The van der Waals surface area contributed by atoms with Gasteiger partial charge in [-0.2, -0.15) is 5.10 Å². The highest BCUT2D eigenvalue weighted by Crippen LogP contribution is 2.39. The molecular formula is C24H29N5O2S. The Morgan fingerprint density at radius 1 is 1.44 bits per heavy atom. The molecule has 3 heterocycles. The predicted octanol–water partition coefficient (Wildman–Crippen LogP) is 5.53. The number of nitrogens with zero attached hydrogens (tertiary/aromatic N) is 3. The number of aliphatic hydroxyl groups is 1. The van der Waals surface area contributed by atoms with Gasteiger partial charge in [0.2, 0.25) is 0 Å². The molecule has 0 bridgehead atoms. The molecule has 0 saturated heterocycles. The Labute approximate surface area is 193 Å². The fraction of sp³-hybridized carbons (Fsp3) is 0.375. The minimum absolute atomic E-state index is 0.414. The van der Waals surface area contributed by atoms with Crippen LogP contribution in [0.25, 0.3) is 10.7 Å². The first-order chi connectivity index (χ1) is 15.5. The van der Waals surface area contributed by atoms with Gasteiger partial charge in [-0.1, -0.05) is 26.3 Å². The first kappa shape index (κ1) is 23.5. The molecule has 32 heavy (non-hydrogen) atoms. The van der Waals surface area contributed by atoms with Crippen LogP contribution in [0.2, 0.25) is 0 Å². The minimum Gasteiger partial charge on any atom is -0.499 e. The molecular weight excluding hydrogens is 422 g/mol. The van der Waals surface area contributed by atoms with Crippen molar-refractivity contribution in [3.63, 3.8) is 0 Å². The van der Waals surface area contributed by atoms with Crippen molar-refractivity contribution in [2.24, 2.45) is 0 Å². The van der Waals surface area contributed by atoms with Gasteiger partial charge in [-0.25, -0.2) is 9.97 Å². The number of nitrogens with one attached hydrogen (secondary N) is 2. The smallest absolute Gasteiger partial charge is 0.171 e. The normalized spacial score (nSPS) is 13.5. The molecule has 0 aromatic carbocycles. The number of hydrogen-bond acceptors (Lipinski definition) is 7. The highest BCUT2D eigenvalue weighted by molar-refractivity contribution is 7.15. The predicted molar refractivity (Wildman–Crippen MR) is 129 cm³/mol. The molecule has 3 N–H and O–H groups in total. The molecule has 3 aromatic rings. The number of allylic oxidation sites excluding steroid dienone is 1. The molecule has 0 amide bonds. The summed E-state index contributed by atoms with van der Waals surface area (Å²) < 4.78 is 5.33. The molecule has 1 aliphatic carbocycles. The van der Waals surface area contributed by atoms with E-state index in [2.05, 4.69) is 38.0 Å².